The van der Waals surface area contributed by atoms with Crippen LogP contribution in [0.1, 0.15) is 24.2 Å². The van der Waals surface area contributed by atoms with Gasteiger partial charge in [-0.1, -0.05) is 12.1 Å². The topological polar surface area (TPSA) is 85.9 Å². The van der Waals surface area contributed by atoms with Gasteiger partial charge in [-0.3, -0.25) is 20.4 Å². The molecular weight excluding hydrogens is 355 g/mol. The molecule has 0 aromatic heterocycles. The Morgan fingerprint density at radius 2 is 1.81 bits per heavy atom. The van der Waals surface area contributed by atoms with Gasteiger partial charge in [-0.2, -0.15) is 0 Å². The number of rotatable bonds is 7. The van der Waals surface area contributed by atoms with E-state index in [0.717, 1.165) is 0 Å². The molecule has 0 bridgehead atoms. The van der Waals surface area contributed by atoms with Gasteiger partial charge in [0.25, 0.3) is 11.8 Å². The molecule has 144 valence electrons. The summed E-state index contributed by atoms with van der Waals surface area (Å²) in [6, 6.07) is 10.4. The van der Waals surface area contributed by atoms with Crippen molar-refractivity contribution >= 4 is 11.8 Å². The molecule has 0 fully saturated rings. The van der Waals surface area contributed by atoms with Crippen molar-refractivity contribution in [3.8, 4) is 17.2 Å². The molecule has 2 aromatic rings. The molecule has 2 rings (SSSR count). The van der Waals surface area contributed by atoms with Crippen LogP contribution in [0.5, 0.6) is 17.2 Å². The lowest BCUT2D eigenvalue weighted by molar-refractivity contribution is -0.128. The van der Waals surface area contributed by atoms with Crippen molar-refractivity contribution in [3.63, 3.8) is 0 Å². The Balaban J connectivity index is 1.94. The van der Waals surface area contributed by atoms with Gasteiger partial charge in [0.15, 0.2) is 29.2 Å². The van der Waals surface area contributed by atoms with E-state index >= 15 is 0 Å². The minimum absolute atomic E-state index is 0.0530. The first-order valence-corrected chi connectivity index (χ1v) is 8.28. The number of methoxy groups -OCH3 is 1. The second-order valence-corrected chi connectivity index (χ2v) is 5.43. The van der Waals surface area contributed by atoms with Gasteiger partial charge in [0.1, 0.15) is 0 Å². The molecule has 0 heterocycles. The van der Waals surface area contributed by atoms with Gasteiger partial charge in [-0.15, -0.1) is 0 Å². The Bertz CT molecular complexity index is 812. The number of halogens is 1. The predicted octanol–water partition coefficient (Wildman–Crippen LogP) is 2.46. The smallest absolute Gasteiger partial charge is 0.279 e. The van der Waals surface area contributed by atoms with Crippen LogP contribution < -0.4 is 25.1 Å². The van der Waals surface area contributed by atoms with Crippen molar-refractivity contribution in [2.75, 3.05) is 13.7 Å². The second-order valence-electron chi connectivity index (χ2n) is 5.43. The lowest BCUT2D eigenvalue weighted by Gasteiger charge is -2.16. The highest BCUT2D eigenvalue weighted by atomic mass is 19.1. The zero-order valence-corrected chi connectivity index (χ0v) is 15.2. The van der Waals surface area contributed by atoms with Crippen LogP contribution in [0.4, 0.5) is 4.39 Å². The van der Waals surface area contributed by atoms with E-state index in [-0.39, 0.29) is 11.3 Å². The van der Waals surface area contributed by atoms with Crippen LogP contribution in [0.25, 0.3) is 0 Å². The maximum Gasteiger partial charge on any atom is 0.279 e. The standard InChI is InChI=1S/C19H21FN2O5/c1-4-26-16-10-9-13(11-17(16)25-3)19(24)22-21-18(23)12(2)27-15-8-6-5-7-14(15)20/h5-12H,4H2,1-3H3,(H,21,23)(H,22,24)/t12-/m0/s1. The highest BCUT2D eigenvalue weighted by molar-refractivity contribution is 5.96. The van der Waals surface area contributed by atoms with Gasteiger partial charge in [0, 0.05) is 5.56 Å². The van der Waals surface area contributed by atoms with Crippen LogP contribution >= 0.6 is 0 Å². The van der Waals surface area contributed by atoms with E-state index in [9.17, 15) is 14.0 Å². The predicted molar refractivity (Wildman–Crippen MR) is 96.3 cm³/mol. The molecule has 27 heavy (non-hydrogen) atoms. The minimum atomic E-state index is -1.02. The van der Waals surface area contributed by atoms with Crippen molar-refractivity contribution in [1.29, 1.82) is 0 Å². The van der Waals surface area contributed by atoms with Crippen LogP contribution in [0, 0.1) is 5.82 Å². The number of nitrogens with one attached hydrogen (secondary N) is 2. The van der Waals surface area contributed by atoms with E-state index < -0.39 is 23.7 Å². The largest absolute Gasteiger partial charge is 0.493 e. The molecule has 0 aliphatic carbocycles. The highest BCUT2D eigenvalue weighted by Crippen LogP contribution is 2.27. The lowest BCUT2D eigenvalue weighted by Crippen LogP contribution is -2.47. The fourth-order valence-electron chi connectivity index (χ4n) is 2.16. The molecule has 7 nitrogen and oxygen atoms in total. The summed E-state index contributed by atoms with van der Waals surface area (Å²) < 4.78 is 29.4. The first-order valence-electron chi connectivity index (χ1n) is 8.28. The number of ether oxygens (including phenoxy) is 3. The molecular formula is C19H21FN2O5. The SMILES string of the molecule is CCOc1ccc(C(=O)NNC(=O)[C@H](C)Oc2ccccc2F)cc1OC. The van der Waals surface area contributed by atoms with Gasteiger partial charge in [0.2, 0.25) is 0 Å². The number of hydrogen-bond donors (Lipinski definition) is 2. The van der Waals surface area contributed by atoms with Crippen molar-refractivity contribution in [3.05, 3.63) is 53.8 Å². The number of carbonyl (C=O) groups is 2. The summed E-state index contributed by atoms with van der Waals surface area (Å²) >= 11 is 0. The summed E-state index contributed by atoms with van der Waals surface area (Å²) in [5.74, 6) is -0.919. The van der Waals surface area contributed by atoms with Gasteiger partial charge in [-0.25, -0.2) is 4.39 Å². The van der Waals surface area contributed by atoms with E-state index in [1.807, 2.05) is 6.92 Å². The number of hydrazine groups is 1. The summed E-state index contributed by atoms with van der Waals surface area (Å²) in [5.41, 5.74) is 4.78. The zero-order valence-electron chi connectivity index (χ0n) is 15.2. The number of benzene rings is 2. The molecule has 1 atom stereocenters. The molecule has 0 aliphatic rings. The monoisotopic (exact) mass is 376 g/mol. The number of hydrogen-bond acceptors (Lipinski definition) is 5. The first kappa shape index (κ1) is 20.0. The minimum Gasteiger partial charge on any atom is -0.493 e. The van der Waals surface area contributed by atoms with Gasteiger partial charge < -0.3 is 14.2 Å². The molecule has 2 aromatic carbocycles. The third-order valence-corrected chi connectivity index (χ3v) is 3.53. The Morgan fingerprint density at radius 1 is 1.07 bits per heavy atom. The fraction of sp³-hybridized carbons (Fsp3) is 0.263. The molecule has 0 aliphatic heterocycles. The lowest BCUT2D eigenvalue weighted by atomic mass is 10.2. The van der Waals surface area contributed by atoms with E-state index in [1.165, 1.54) is 44.4 Å². The van der Waals surface area contributed by atoms with Crippen LogP contribution in [-0.4, -0.2) is 31.6 Å². The van der Waals surface area contributed by atoms with Crippen LogP contribution in [-0.2, 0) is 4.79 Å². The first-order chi connectivity index (χ1) is 13.0. The molecule has 8 heteroatoms. The molecule has 2 N–H and O–H groups in total. The summed E-state index contributed by atoms with van der Waals surface area (Å²) in [4.78, 5) is 24.2. The number of carbonyl (C=O) groups excluding carboxylic acids is 2. The number of amides is 2. The average Bonchev–Trinajstić information content (AvgIpc) is 2.68. The van der Waals surface area contributed by atoms with Crippen molar-refractivity contribution in [1.82, 2.24) is 10.9 Å². The van der Waals surface area contributed by atoms with Gasteiger partial charge in [-0.05, 0) is 44.2 Å². The third kappa shape index (κ3) is 5.34. The maximum atomic E-state index is 13.6. The third-order valence-electron chi connectivity index (χ3n) is 3.53. The van der Waals surface area contributed by atoms with E-state index in [2.05, 4.69) is 10.9 Å². The molecule has 0 spiro atoms. The normalized spacial score (nSPS) is 11.3. The number of para-hydroxylation sites is 1. The van der Waals surface area contributed by atoms with Crippen LogP contribution in [0.3, 0.4) is 0 Å². The fourth-order valence-corrected chi connectivity index (χ4v) is 2.16. The Hall–Kier alpha value is -3.29. The Labute approximate surface area is 156 Å². The van der Waals surface area contributed by atoms with E-state index in [4.69, 9.17) is 14.2 Å². The van der Waals surface area contributed by atoms with Crippen molar-refractivity contribution in [2.45, 2.75) is 20.0 Å². The van der Waals surface area contributed by atoms with Gasteiger partial charge in [0.05, 0.1) is 13.7 Å². The molecule has 2 amide bonds. The summed E-state index contributed by atoms with van der Waals surface area (Å²) in [6.45, 7) is 3.73. The summed E-state index contributed by atoms with van der Waals surface area (Å²) in [6.07, 6.45) is -1.02. The Kier molecular flexibility index (Phi) is 6.99. The van der Waals surface area contributed by atoms with Crippen LogP contribution in [0.2, 0.25) is 0 Å². The highest BCUT2D eigenvalue weighted by Gasteiger charge is 2.18. The van der Waals surface area contributed by atoms with E-state index in [1.54, 1.807) is 12.1 Å². The Morgan fingerprint density at radius 3 is 2.48 bits per heavy atom. The zero-order chi connectivity index (χ0) is 19.8. The molecule has 0 unspecified atom stereocenters. The van der Waals surface area contributed by atoms with Crippen LogP contribution in [0.15, 0.2) is 42.5 Å². The van der Waals surface area contributed by atoms with Crippen molar-refractivity contribution < 1.29 is 28.2 Å². The summed E-state index contributed by atoms with van der Waals surface area (Å²) in [5, 5.41) is 0. The summed E-state index contributed by atoms with van der Waals surface area (Å²) in [7, 11) is 1.46. The van der Waals surface area contributed by atoms with Crippen molar-refractivity contribution in [2.24, 2.45) is 0 Å². The molecule has 0 radical (unpaired) electrons. The maximum absolute atomic E-state index is 13.6. The average molecular weight is 376 g/mol. The van der Waals surface area contributed by atoms with Gasteiger partial charge >= 0.3 is 0 Å². The second kappa shape index (κ2) is 9.42. The molecule has 0 saturated carbocycles. The quantitative estimate of drug-likeness (QED) is 0.725. The van der Waals surface area contributed by atoms with E-state index in [0.29, 0.717) is 18.1 Å². The molecule has 0 saturated heterocycles.